The van der Waals surface area contributed by atoms with Crippen LogP contribution < -0.4 is 14.8 Å². The van der Waals surface area contributed by atoms with Crippen molar-refractivity contribution >= 4 is 11.6 Å². The molecule has 0 aliphatic heterocycles. The average molecular weight is 476 g/mol. The van der Waals surface area contributed by atoms with Crippen LogP contribution in [0.5, 0.6) is 11.5 Å². The molecule has 1 aromatic heterocycles. The molecule has 35 heavy (non-hydrogen) atoms. The van der Waals surface area contributed by atoms with E-state index in [1.807, 2.05) is 12.1 Å². The molecule has 0 saturated heterocycles. The van der Waals surface area contributed by atoms with Gasteiger partial charge in [0.05, 0.1) is 17.9 Å². The van der Waals surface area contributed by atoms with Gasteiger partial charge in [-0.05, 0) is 68.2 Å². The van der Waals surface area contributed by atoms with Crippen molar-refractivity contribution in [2.45, 2.75) is 26.7 Å². The molecule has 2 aromatic carbocycles. The van der Waals surface area contributed by atoms with Gasteiger partial charge in [0.25, 0.3) is 0 Å². The second-order valence-corrected chi connectivity index (χ2v) is 8.49. The predicted octanol–water partition coefficient (Wildman–Crippen LogP) is 5.41. The number of nitrogens with one attached hydrogen (secondary N) is 1. The molecule has 1 fully saturated rings. The molecule has 3 aromatic rings. The molecule has 0 atom stereocenters. The largest absolute Gasteiger partial charge is 0.492 e. The van der Waals surface area contributed by atoms with E-state index in [1.54, 1.807) is 30.5 Å². The molecule has 0 unspecified atom stereocenters. The van der Waals surface area contributed by atoms with Crippen molar-refractivity contribution in [2.24, 2.45) is 5.92 Å². The lowest BCUT2D eigenvalue weighted by atomic mass is 10.1. The van der Waals surface area contributed by atoms with E-state index in [1.165, 1.54) is 18.9 Å². The van der Waals surface area contributed by atoms with Crippen molar-refractivity contribution < 1.29 is 13.9 Å². The summed E-state index contributed by atoms with van der Waals surface area (Å²) in [7, 11) is 0. The Kier molecular flexibility index (Phi) is 8.11. The third-order valence-electron chi connectivity index (χ3n) is 5.97. The Bertz CT molecular complexity index is 1190. The summed E-state index contributed by atoms with van der Waals surface area (Å²) >= 11 is 0. The maximum absolute atomic E-state index is 14.3. The fourth-order valence-corrected chi connectivity index (χ4v) is 3.62. The number of hydrogen-bond acceptors (Lipinski definition) is 7. The quantitative estimate of drug-likeness (QED) is 0.375. The average Bonchev–Trinajstić information content (AvgIpc) is 3.72. The molecule has 1 N–H and O–H groups in total. The van der Waals surface area contributed by atoms with Crippen LogP contribution in [-0.2, 0) is 0 Å². The highest BCUT2D eigenvalue weighted by atomic mass is 19.1. The number of benzene rings is 2. The monoisotopic (exact) mass is 475 g/mol. The van der Waals surface area contributed by atoms with Gasteiger partial charge >= 0.3 is 0 Å². The number of likely N-dealkylation sites (N-methyl/N-ethyl adjacent to an activating group) is 1. The first-order valence-electron chi connectivity index (χ1n) is 12.0. The maximum Gasteiger partial charge on any atom is 0.227 e. The first-order chi connectivity index (χ1) is 17.1. The van der Waals surface area contributed by atoms with Gasteiger partial charge in [-0.1, -0.05) is 13.8 Å². The summed E-state index contributed by atoms with van der Waals surface area (Å²) in [5, 5.41) is 12.7. The summed E-state index contributed by atoms with van der Waals surface area (Å²) in [6.45, 7) is 7.78. The fourth-order valence-electron chi connectivity index (χ4n) is 3.62. The molecular formula is C27H30FN5O2. The van der Waals surface area contributed by atoms with Crippen molar-refractivity contribution in [3.63, 3.8) is 0 Å². The Hall–Kier alpha value is -3.70. The summed E-state index contributed by atoms with van der Waals surface area (Å²) in [5.41, 5.74) is 2.53. The Morgan fingerprint density at radius 2 is 1.91 bits per heavy atom. The summed E-state index contributed by atoms with van der Waals surface area (Å²) in [6.07, 6.45) is 4.02. The number of ether oxygens (including phenoxy) is 2. The number of aromatic nitrogens is 2. The molecule has 1 aliphatic carbocycles. The molecule has 1 heterocycles. The molecule has 0 amide bonds. The Labute approximate surface area is 205 Å². The van der Waals surface area contributed by atoms with E-state index in [9.17, 15) is 9.65 Å². The van der Waals surface area contributed by atoms with E-state index < -0.39 is 5.82 Å². The number of hydrogen-bond donors (Lipinski definition) is 1. The molecule has 0 radical (unpaired) electrons. The van der Waals surface area contributed by atoms with Crippen LogP contribution in [0.4, 0.5) is 16.0 Å². The Balaban J connectivity index is 1.45. The zero-order valence-corrected chi connectivity index (χ0v) is 20.1. The third kappa shape index (κ3) is 6.67. The van der Waals surface area contributed by atoms with Gasteiger partial charge in [0.2, 0.25) is 5.95 Å². The van der Waals surface area contributed by atoms with E-state index in [-0.39, 0.29) is 5.75 Å². The molecule has 0 spiro atoms. The SMILES string of the molecule is CCN(CC)CCOc1cc(Nc2nccc(-c3ccc(OCC4CC4)c(C#N)c3)n2)ccc1F. The van der Waals surface area contributed by atoms with Gasteiger partial charge in [0.15, 0.2) is 11.6 Å². The van der Waals surface area contributed by atoms with Gasteiger partial charge in [0, 0.05) is 30.1 Å². The number of anilines is 2. The first kappa shape index (κ1) is 24.4. The minimum atomic E-state index is -0.419. The van der Waals surface area contributed by atoms with E-state index in [2.05, 4.69) is 40.1 Å². The van der Waals surface area contributed by atoms with Crippen LogP contribution in [0.2, 0.25) is 0 Å². The minimum Gasteiger partial charge on any atom is -0.492 e. The van der Waals surface area contributed by atoms with Gasteiger partial charge < -0.3 is 19.7 Å². The van der Waals surface area contributed by atoms with Crippen molar-refractivity contribution in [1.29, 1.82) is 5.26 Å². The second kappa shape index (κ2) is 11.6. The van der Waals surface area contributed by atoms with Crippen molar-refractivity contribution in [1.82, 2.24) is 14.9 Å². The van der Waals surface area contributed by atoms with Gasteiger partial charge in [-0.15, -0.1) is 0 Å². The van der Waals surface area contributed by atoms with E-state index in [0.29, 0.717) is 47.8 Å². The summed E-state index contributed by atoms with van der Waals surface area (Å²) in [5.74, 6) is 1.32. The van der Waals surface area contributed by atoms with Gasteiger partial charge in [-0.3, -0.25) is 0 Å². The first-order valence-corrected chi connectivity index (χ1v) is 12.0. The predicted molar refractivity (Wildman–Crippen MR) is 133 cm³/mol. The Morgan fingerprint density at radius 1 is 1.09 bits per heavy atom. The molecule has 4 rings (SSSR count). The zero-order valence-electron chi connectivity index (χ0n) is 20.1. The molecule has 7 nitrogen and oxygen atoms in total. The second-order valence-electron chi connectivity index (χ2n) is 8.49. The number of rotatable bonds is 12. The van der Waals surface area contributed by atoms with Crippen LogP contribution in [0.3, 0.4) is 0 Å². The lowest BCUT2D eigenvalue weighted by molar-refractivity contribution is 0.217. The fraction of sp³-hybridized carbons (Fsp3) is 0.370. The topological polar surface area (TPSA) is 83.3 Å². The highest BCUT2D eigenvalue weighted by Crippen LogP contribution is 2.32. The standard InChI is InChI=1S/C27H30FN5O2/c1-3-33(4-2)13-14-34-26-16-22(8-9-23(26)28)31-27-30-12-11-24(32-27)20-7-10-25(21(15-20)17-29)35-18-19-5-6-19/h7-12,15-16,19H,3-6,13-14,18H2,1-2H3,(H,30,31,32). The van der Waals surface area contributed by atoms with E-state index >= 15 is 0 Å². The molecule has 8 heteroatoms. The highest BCUT2D eigenvalue weighted by Gasteiger charge is 2.22. The minimum absolute atomic E-state index is 0.179. The van der Waals surface area contributed by atoms with Gasteiger partial charge in [-0.2, -0.15) is 5.26 Å². The van der Waals surface area contributed by atoms with Crippen LogP contribution in [0.1, 0.15) is 32.3 Å². The molecular weight excluding hydrogens is 445 g/mol. The molecule has 1 saturated carbocycles. The van der Waals surface area contributed by atoms with Crippen molar-refractivity contribution in [2.75, 3.05) is 38.2 Å². The summed E-state index contributed by atoms with van der Waals surface area (Å²) in [6, 6.07) is 14.0. The van der Waals surface area contributed by atoms with Crippen LogP contribution >= 0.6 is 0 Å². The molecule has 1 aliphatic rings. The number of nitrogens with zero attached hydrogens (tertiary/aromatic N) is 4. The summed E-state index contributed by atoms with van der Waals surface area (Å²) < 4.78 is 25.7. The van der Waals surface area contributed by atoms with Crippen LogP contribution in [0, 0.1) is 23.1 Å². The zero-order chi connectivity index (χ0) is 24.6. The molecule has 182 valence electrons. The van der Waals surface area contributed by atoms with Crippen LogP contribution in [0.15, 0.2) is 48.7 Å². The van der Waals surface area contributed by atoms with Crippen molar-refractivity contribution in [3.05, 3.63) is 60.0 Å². The Morgan fingerprint density at radius 3 is 2.66 bits per heavy atom. The lowest BCUT2D eigenvalue weighted by Gasteiger charge is -2.18. The lowest BCUT2D eigenvalue weighted by Crippen LogP contribution is -2.28. The van der Waals surface area contributed by atoms with Crippen LogP contribution in [0.25, 0.3) is 11.3 Å². The van der Waals surface area contributed by atoms with Gasteiger partial charge in [-0.25, -0.2) is 14.4 Å². The normalized spacial score (nSPS) is 12.9. The van der Waals surface area contributed by atoms with Crippen molar-refractivity contribution in [3.8, 4) is 28.8 Å². The smallest absolute Gasteiger partial charge is 0.227 e. The van der Waals surface area contributed by atoms with E-state index in [4.69, 9.17) is 9.47 Å². The van der Waals surface area contributed by atoms with Gasteiger partial charge in [0.1, 0.15) is 18.4 Å². The van der Waals surface area contributed by atoms with Crippen LogP contribution in [-0.4, -0.2) is 47.7 Å². The number of nitriles is 1. The summed E-state index contributed by atoms with van der Waals surface area (Å²) in [4.78, 5) is 11.1. The maximum atomic E-state index is 14.3. The third-order valence-corrected chi connectivity index (χ3v) is 5.97. The highest BCUT2D eigenvalue weighted by molar-refractivity contribution is 5.66. The number of halogens is 1. The molecule has 0 bridgehead atoms. The van der Waals surface area contributed by atoms with E-state index in [0.717, 1.165) is 25.2 Å².